The van der Waals surface area contributed by atoms with Gasteiger partial charge in [-0.15, -0.1) is 11.8 Å². The number of unbranched alkanes of at least 4 members (excludes halogenated alkanes) is 2. The first-order valence-corrected chi connectivity index (χ1v) is 16.3. The van der Waals surface area contributed by atoms with Crippen molar-refractivity contribution < 1.29 is 33.3 Å². The molecule has 1 aliphatic rings. The van der Waals surface area contributed by atoms with Crippen LogP contribution in [0.1, 0.15) is 52.4 Å². The van der Waals surface area contributed by atoms with Crippen molar-refractivity contribution in [2.45, 2.75) is 62.2 Å². The van der Waals surface area contributed by atoms with Gasteiger partial charge in [0.15, 0.2) is 0 Å². The first kappa shape index (κ1) is 31.7. The fourth-order valence-corrected chi connectivity index (χ4v) is 7.77. The standard InChI is InChI=1S/C29H40N2O7S2/c1-5-7-14-29(15-8-6-2)19-31(22-11-9-21(10-12-22)30-28(34)37-3)23-17-25(39-4)24(38-16-13-27(32)33)18-26(23)40(35,36)20-29/h9-13,16-18,35-36H,5-8,14-15,19-20H2,1-4H3,(H,30,34)(H,32,33)/b16-13+. The van der Waals surface area contributed by atoms with Crippen LogP contribution in [0.2, 0.25) is 0 Å². The molecular formula is C29H40N2O7S2. The Labute approximate surface area is 242 Å². The summed E-state index contributed by atoms with van der Waals surface area (Å²) in [5, 5.41) is 11.7. The number of rotatable bonds is 12. The largest absolute Gasteiger partial charge is 0.478 e. The molecule has 0 aliphatic carbocycles. The summed E-state index contributed by atoms with van der Waals surface area (Å²) in [4.78, 5) is 25.9. The molecule has 1 amide bonds. The van der Waals surface area contributed by atoms with Crippen molar-refractivity contribution in [3.63, 3.8) is 0 Å². The molecule has 4 N–H and O–H groups in total. The van der Waals surface area contributed by atoms with Crippen LogP contribution < -0.4 is 15.0 Å². The molecule has 9 nitrogen and oxygen atoms in total. The third-order valence-electron chi connectivity index (χ3n) is 7.03. The molecular weight excluding hydrogens is 552 g/mol. The Morgan fingerprint density at radius 2 is 1.77 bits per heavy atom. The maximum atomic E-state index is 11.8. The summed E-state index contributed by atoms with van der Waals surface area (Å²) in [5.74, 6) is -0.553. The van der Waals surface area contributed by atoms with E-state index < -0.39 is 22.7 Å². The van der Waals surface area contributed by atoms with Gasteiger partial charge < -0.3 is 19.5 Å². The highest BCUT2D eigenvalue weighted by molar-refractivity contribution is 8.24. The number of carboxylic acids is 1. The molecule has 0 saturated carbocycles. The van der Waals surface area contributed by atoms with E-state index in [0.717, 1.165) is 61.4 Å². The van der Waals surface area contributed by atoms with Crippen LogP contribution in [0, 0.1) is 5.41 Å². The molecule has 40 heavy (non-hydrogen) atoms. The van der Waals surface area contributed by atoms with Crippen LogP contribution in [0.5, 0.6) is 5.75 Å². The van der Waals surface area contributed by atoms with Crippen molar-refractivity contribution >= 4 is 51.5 Å². The summed E-state index contributed by atoms with van der Waals surface area (Å²) in [6, 6.07) is 10.9. The third-order valence-corrected chi connectivity index (χ3v) is 9.83. The van der Waals surface area contributed by atoms with Crippen molar-refractivity contribution in [2.24, 2.45) is 5.41 Å². The molecule has 0 bridgehead atoms. The Balaban J connectivity index is 2.20. The number of thioether (sulfide) groups is 1. The second kappa shape index (κ2) is 14.2. The van der Waals surface area contributed by atoms with Gasteiger partial charge in [0, 0.05) is 35.2 Å². The van der Waals surface area contributed by atoms with E-state index in [0.29, 0.717) is 28.6 Å². The van der Waals surface area contributed by atoms with Crippen LogP contribution in [-0.2, 0) is 9.53 Å². The number of anilines is 3. The molecule has 220 valence electrons. The number of carbonyl (C=O) groups excluding carboxylic acids is 1. The van der Waals surface area contributed by atoms with Crippen LogP contribution in [0.4, 0.5) is 21.9 Å². The monoisotopic (exact) mass is 592 g/mol. The maximum Gasteiger partial charge on any atom is 0.411 e. The van der Waals surface area contributed by atoms with E-state index in [1.54, 1.807) is 18.2 Å². The van der Waals surface area contributed by atoms with E-state index in [1.807, 2.05) is 24.5 Å². The number of carboxylic acid groups (broad SMARTS) is 1. The summed E-state index contributed by atoms with van der Waals surface area (Å²) in [5.41, 5.74) is 1.74. The van der Waals surface area contributed by atoms with Gasteiger partial charge in [0.1, 0.15) is 5.75 Å². The van der Waals surface area contributed by atoms with Crippen LogP contribution in [0.25, 0.3) is 0 Å². The molecule has 0 radical (unpaired) electrons. The summed E-state index contributed by atoms with van der Waals surface area (Å²) < 4.78 is 33.9. The summed E-state index contributed by atoms with van der Waals surface area (Å²) in [6.45, 7) is 4.87. The zero-order chi connectivity index (χ0) is 29.3. The summed E-state index contributed by atoms with van der Waals surface area (Å²) >= 11 is 1.42. The van der Waals surface area contributed by atoms with Crippen LogP contribution in [-0.4, -0.2) is 51.9 Å². The van der Waals surface area contributed by atoms with Gasteiger partial charge in [-0.05, 0) is 49.4 Å². The lowest BCUT2D eigenvalue weighted by atomic mass is 9.79. The number of benzene rings is 2. The Morgan fingerprint density at radius 1 is 1.12 bits per heavy atom. The minimum Gasteiger partial charge on any atom is -0.478 e. The van der Waals surface area contributed by atoms with Crippen molar-refractivity contribution in [1.29, 1.82) is 0 Å². The Hall–Kier alpha value is -2.86. The fourth-order valence-electron chi connectivity index (χ4n) is 5.05. The molecule has 1 aliphatic heterocycles. The number of nitrogens with zero attached hydrogens (tertiary/aromatic N) is 1. The van der Waals surface area contributed by atoms with Crippen molar-refractivity contribution in [3.8, 4) is 5.75 Å². The molecule has 0 spiro atoms. The molecule has 0 unspecified atom stereocenters. The number of methoxy groups -OCH3 is 1. The summed E-state index contributed by atoms with van der Waals surface area (Å²) in [6.07, 6.45) is 8.94. The predicted octanol–water partition coefficient (Wildman–Crippen LogP) is 8.19. The summed E-state index contributed by atoms with van der Waals surface area (Å²) in [7, 11) is -1.94. The van der Waals surface area contributed by atoms with E-state index in [2.05, 4.69) is 24.1 Å². The minimum absolute atomic E-state index is 0.231. The van der Waals surface area contributed by atoms with E-state index in [4.69, 9.17) is 14.6 Å². The van der Waals surface area contributed by atoms with Gasteiger partial charge in [0.25, 0.3) is 0 Å². The first-order valence-electron chi connectivity index (χ1n) is 13.3. The fraction of sp³-hybridized carbons (Fsp3) is 0.448. The zero-order valence-corrected chi connectivity index (χ0v) is 25.1. The Morgan fingerprint density at radius 3 is 2.33 bits per heavy atom. The van der Waals surface area contributed by atoms with Crippen LogP contribution >= 0.6 is 22.4 Å². The Kier molecular flexibility index (Phi) is 11.2. The van der Waals surface area contributed by atoms with E-state index in [1.165, 1.54) is 18.9 Å². The number of hydrogen-bond donors (Lipinski definition) is 4. The van der Waals surface area contributed by atoms with Gasteiger partial charge in [0.05, 0.1) is 34.9 Å². The van der Waals surface area contributed by atoms with Crippen molar-refractivity contribution in [1.82, 2.24) is 0 Å². The molecule has 0 atom stereocenters. The van der Waals surface area contributed by atoms with E-state index in [9.17, 15) is 18.7 Å². The smallest absolute Gasteiger partial charge is 0.411 e. The van der Waals surface area contributed by atoms with Gasteiger partial charge in [-0.25, -0.2) is 9.59 Å². The minimum atomic E-state index is -3.25. The van der Waals surface area contributed by atoms with E-state index >= 15 is 0 Å². The second-order valence-electron chi connectivity index (χ2n) is 10.00. The number of amides is 1. The molecule has 0 fully saturated rings. The van der Waals surface area contributed by atoms with Gasteiger partial charge >= 0.3 is 12.1 Å². The topological polar surface area (TPSA) is 129 Å². The first-order chi connectivity index (χ1) is 19.1. The Bertz CT molecular complexity index is 1190. The lowest BCUT2D eigenvalue weighted by Gasteiger charge is -2.42. The number of aliphatic carboxylic acids is 1. The van der Waals surface area contributed by atoms with Crippen molar-refractivity contribution in [2.75, 3.05) is 35.9 Å². The van der Waals surface area contributed by atoms with Gasteiger partial charge in [-0.2, -0.15) is 10.6 Å². The average molecular weight is 593 g/mol. The van der Waals surface area contributed by atoms with Gasteiger partial charge in [-0.3, -0.25) is 14.4 Å². The zero-order valence-electron chi connectivity index (χ0n) is 23.5. The SMILES string of the molecule is CCCCC1(CCCC)CN(c2ccc(NC(=O)OC)cc2)c2cc(SC)c(O/C=C/C(=O)O)cc2S(O)(O)C1. The number of fused-ring (bicyclic) bond motifs is 1. The molecule has 0 aromatic heterocycles. The molecule has 3 rings (SSSR count). The molecule has 0 saturated heterocycles. The maximum absolute atomic E-state index is 11.8. The van der Waals surface area contributed by atoms with Crippen LogP contribution in [0.3, 0.4) is 0 Å². The number of carbonyl (C=O) groups is 2. The van der Waals surface area contributed by atoms with Crippen molar-refractivity contribution in [3.05, 3.63) is 48.7 Å². The highest BCUT2D eigenvalue weighted by Crippen LogP contribution is 2.62. The van der Waals surface area contributed by atoms with E-state index in [-0.39, 0.29) is 11.2 Å². The average Bonchev–Trinajstić information content (AvgIpc) is 3.02. The number of hydrogen-bond acceptors (Lipinski definition) is 8. The highest BCUT2D eigenvalue weighted by Gasteiger charge is 2.42. The van der Waals surface area contributed by atoms with Gasteiger partial charge in [-0.1, -0.05) is 39.5 Å². The second-order valence-corrected chi connectivity index (χ2v) is 12.9. The van der Waals surface area contributed by atoms with Gasteiger partial charge in [0.2, 0.25) is 0 Å². The molecule has 2 aromatic rings. The lowest BCUT2D eigenvalue weighted by molar-refractivity contribution is -0.131. The number of ether oxygens (including phenoxy) is 2. The normalized spacial score (nSPS) is 16.6. The molecule has 11 heteroatoms. The lowest BCUT2D eigenvalue weighted by Crippen LogP contribution is -2.37. The predicted molar refractivity (Wildman–Crippen MR) is 163 cm³/mol. The number of nitrogens with one attached hydrogen (secondary N) is 1. The van der Waals surface area contributed by atoms with Crippen LogP contribution in [0.15, 0.2) is 58.5 Å². The third kappa shape index (κ3) is 7.87. The quantitative estimate of drug-likeness (QED) is 0.109. The molecule has 1 heterocycles. The highest BCUT2D eigenvalue weighted by atomic mass is 32.3. The molecule has 2 aromatic carbocycles.